The van der Waals surface area contributed by atoms with Crippen LogP contribution in [0.25, 0.3) is 16.9 Å². The van der Waals surface area contributed by atoms with Crippen LogP contribution in [-0.4, -0.2) is 55.3 Å². The third-order valence-corrected chi connectivity index (χ3v) is 7.31. The van der Waals surface area contributed by atoms with E-state index < -0.39 is 18.1 Å². The number of carbonyl (C=O) groups is 3. The van der Waals surface area contributed by atoms with Gasteiger partial charge in [-0.25, -0.2) is 14.5 Å². The van der Waals surface area contributed by atoms with Gasteiger partial charge in [0.15, 0.2) is 0 Å². The van der Waals surface area contributed by atoms with E-state index in [0.717, 1.165) is 11.1 Å². The molecule has 0 fully saturated rings. The first kappa shape index (κ1) is 32.1. The Morgan fingerprint density at radius 1 is 1.02 bits per heavy atom. The predicted molar refractivity (Wildman–Crippen MR) is 169 cm³/mol. The van der Waals surface area contributed by atoms with Crippen LogP contribution in [0.15, 0.2) is 79.1 Å². The Morgan fingerprint density at radius 3 is 2.52 bits per heavy atom. The van der Waals surface area contributed by atoms with Gasteiger partial charge in [0.2, 0.25) is 5.91 Å². The summed E-state index contributed by atoms with van der Waals surface area (Å²) in [6.45, 7) is 0.0745. The minimum Gasteiger partial charge on any atom is -0.461 e. The molecule has 0 spiro atoms. The zero-order valence-electron chi connectivity index (χ0n) is 24.4. The van der Waals surface area contributed by atoms with Gasteiger partial charge in [-0.2, -0.15) is 0 Å². The van der Waals surface area contributed by atoms with Gasteiger partial charge in [0.25, 0.3) is 0 Å². The van der Waals surface area contributed by atoms with Gasteiger partial charge in [0, 0.05) is 22.7 Å². The van der Waals surface area contributed by atoms with Gasteiger partial charge in [-0.15, -0.1) is 5.10 Å². The molecule has 0 unspecified atom stereocenters. The first-order chi connectivity index (χ1) is 22.3. The summed E-state index contributed by atoms with van der Waals surface area (Å²) in [7, 11) is 1.27. The molecular weight excluding hydrogens is 635 g/mol. The highest BCUT2D eigenvalue weighted by Crippen LogP contribution is 2.30. The smallest absolute Gasteiger partial charge is 0.411 e. The number of hydrogen-bond acceptors (Lipinski definition) is 9. The van der Waals surface area contributed by atoms with Crippen molar-refractivity contribution in [3.63, 3.8) is 0 Å². The van der Waals surface area contributed by atoms with Gasteiger partial charge in [-0.1, -0.05) is 65.7 Å². The normalized spacial score (nSPS) is 11.5. The molecule has 0 aliphatic heterocycles. The van der Waals surface area contributed by atoms with E-state index in [1.165, 1.54) is 18.1 Å². The van der Waals surface area contributed by atoms with Crippen LogP contribution in [0, 0.1) is 0 Å². The number of methoxy groups -OCH3 is 1. The van der Waals surface area contributed by atoms with Crippen LogP contribution in [0.2, 0.25) is 10.2 Å². The molecule has 46 heavy (non-hydrogen) atoms. The largest absolute Gasteiger partial charge is 0.461 e. The highest BCUT2D eigenvalue weighted by atomic mass is 35.5. The highest BCUT2D eigenvalue weighted by Gasteiger charge is 2.25. The van der Waals surface area contributed by atoms with Crippen LogP contribution in [0.3, 0.4) is 0 Å². The van der Waals surface area contributed by atoms with E-state index in [1.54, 1.807) is 42.5 Å². The number of halogens is 2. The Morgan fingerprint density at radius 2 is 1.80 bits per heavy atom. The number of imidazole rings is 1. The number of ether oxygens (including phenoxy) is 2. The third kappa shape index (κ3) is 8.46. The van der Waals surface area contributed by atoms with Crippen LogP contribution in [0.1, 0.15) is 35.8 Å². The average Bonchev–Trinajstić information content (AvgIpc) is 3.74. The number of anilines is 1. The van der Waals surface area contributed by atoms with Crippen molar-refractivity contribution >= 4 is 46.9 Å². The molecular formula is C31H28Cl2N8O5. The van der Waals surface area contributed by atoms with E-state index in [1.807, 2.05) is 30.3 Å². The summed E-state index contributed by atoms with van der Waals surface area (Å²) < 4.78 is 11.6. The van der Waals surface area contributed by atoms with Gasteiger partial charge < -0.3 is 19.8 Å². The van der Waals surface area contributed by atoms with Gasteiger partial charge in [0.1, 0.15) is 29.6 Å². The lowest BCUT2D eigenvalue weighted by atomic mass is 10.1. The molecule has 0 aliphatic carbocycles. The second-order valence-corrected chi connectivity index (χ2v) is 10.8. The molecule has 2 aromatic heterocycles. The number of esters is 1. The summed E-state index contributed by atoms with van der Waals surface area (Å²) in [4.78, 5) is 45.4. The summed E-state index contributed by atoms with van der Waals surface area (Å²) in [5.41, 5.74) is 3.79. The zero-order valence-corrected chi connectivity index (χ0v) is 26.0. The summed E-state index contributed by atoms with van der Waals surface area (Å²) in [6.07, 6.45) is 0.999. The van der Waals surface area contributed by atoms with E-state index in [2.05, 4.69) is 40.9 Å². The number of nitrogens with zero attached hydrogens (tertiary/aromatic N) is 5. The molecule has 3 aromatic carbocycles. The van der Waals surface area contributed by atoms with Crippen LogP contribution >= 0.6 is 23.2 Å². The Bertz CT molecular complexity index is 1800. The molecule has 0 aliphatic rings. The molecule has 5 aromatic rings. The fourth-order valence-electron chi connectivity index (χ4n) is 4.55. The first-order valence-corrected chi connectivity index (χ1v) is 14.8. The number of H-pyrrole nitrogens is 1. The van der Waals surface area contributed by atoms with Crippen molar-refractivity contribution in [2.24, 2.45) is 0 Å². The number of hydrogen-bond donors (Lipinski definition) is 3. The molecule has 2 amide bonds. The number of tetrazole rings is 1. The van der Waals surface area contributed by atoms with Crippen molar-refractivity contribution in [1.82, 2.24) is 35.5 Å². The van der Waals surface area contributed by atoms with E-state index in [9.17, 15) is 14.4 Å². The van der Waals surface area contributed by atoms with Crippen LogP contribution in [0.4, 0.5) is 10.5 Å². The molecule has 15 heteroatoms. The maximum atomic E-state index is 13.3. The number of benzene rings is 3. The first-order valence-electron chi connectivity index (χ1n) is 14.0. The van der Waals surface area contributed by atoms with Crippen molar-refractivity contribution in [3.8, 4) is 16.9 Å². The number of aryl methyl sites for hydroxylation is 1. The lowest BCUT2D eigenvalue weighted by Gasteiger charge is -2.17. The van der Waals surface area contributed by atoms with Crippen LogP contribution in [-0.2, 0) is 32.1 Å². The molecule has 0 radical (unpaired) electrons. The predicted octanol–water partition coefficient (Wildman–Crippen LogP) is 5.46. The standard InChI is InChI=1S/C31H28Cl2N8O5/c1-45-31(44)35-23-11-7-20(8-12-23)28-29(33)38-30(37-28)24(16-27(43)46-17-19-5-3-2-4-6-19)36-26(42)14-9-21-15-22(32)10-13-25(21)41-18-34-39-40-41/h2-8,10-13,15,18,24H,9,14,16-17H2,1H3,(H,35,44)(H,36,42)(H,37,38)/t24-/m0/s1. The molecule has 236 valence electrons. The number of aromatic nitrogens is 6. The van der Waals surface area contributed by atoms with E-state index in [-0.39, 0.29) is 36.3 Å². The fourth-order valence-corrected chi connectivity index (χ4v) is 4.99. The molecule has 0 saturated carbocycles. The number of carbonyl (C=O) groups excluding carboxylic acids is 3. The molecule has 13 nitrogen and oxygen atoms in total. The number of amides is 2. The average molecular weight is 664 g/mol. The Balaban J connectivity index is 1.33. The molecule has 2 heterocycles. The lowest BCUT2D eigenvalue weighted by Crippen LogP contribution is -2.31. The third-order valence-electron chi connectivity index (χ3n) is 6.81. The highest BCUT2D eigenvalue weighted by molar-refractivity contribution is 6.32. The fraction of sp³-hybridized carbons (Fsp3) is 0.194. The van der Waals surface area contributed by atoms with Gasteiger partial charge in [0.05, 0.1) is 25.3 Å². The molecule has 5 rings (SSSR count). The number of nitrogens with one attached hydrogen (secondary N) is 3. The van der Waals surface area contributed by atoms with E-state index in [4.69, 9.17) is 27.9 Å². The Labute approximate surface area is 273 Å². The second-order valence-electron chi connectivity index (χ2n) is 9.98. The van der Waals surface area contributed by atoms with Gasteiger partial charge >= 0.3 is 12.1 Å². The monoisotopic (exact) mass is 662 g/mol. The zero-order chi connectivity index (χ0) is 32.5. The molecule has 0 saturated heterocycles. The lowest BCUT2D eigenvalue weighted by molar-refractivity contribution is -0.145. The second kappa shape index (κ2) is 15.1. The van der Waals surface area contributed by atoms with Crippen molar-refractivity contribution < 1.29 is 23.9 Å². The van der Waals surface area contributed by atoms with Crippen molar-refractivity contribution in [2.45, 2.75) is 31.9 Å². The maximum Gasteiger partial charge on any atom is 0.411 e. The Hall–Kier alpha value is -5.27. The van der Waals surface area contributed by atoms with Crippen molar-refractivity contribution in [2.75, 3.05) is 12.4 Å². The van der Waals surface area contributed by atoms with Gasteiger partial charge in [-0.3, -0.25) is 14.9 Å². The molecule has 1 atom stereocenters. The van der Waals surface area contributed by atoms with Crippen molar-refractivity contribution in [3.05, 3.63) is 106 Å². The summed E-state index contributed by atoms with van der Waals surface area (Å²) >= 11 is 12.8. The van der Waals surface area contributed by atoms with Crippen LogP contribution in [0.5, 0.6) is 0 Å². The van der Waals surface area contributed by atoms with E-state index in [0.29, 0.717) is 34.1 Å². The molecule has 3 N–H and O–H groups in total. The van der Waals surface area contributed by atoms with Crippen molar-refractivity contribution in [1.29, 1.82) is 0 Å². The number of rotatable bonds is 12. The molecule has 0 bridgehead atoms. The maximum absolute atomic E-state index is 13.3. The Kier molecular flexibility index (Phi) is 10.6. The summed E-state index contributed by atoms with van der Waals surface area (Å²) in [6, 6.07) is 20.3. The van der Waals surface area contributed by atoms with E-state index >= 15 is 0 Å². The summed E-state index contributed by atoms with van der Waals surface area (Å²) in [5.74, 6) is -0.632. The SMILES string of the molecule is COC(=O)Nc1ccc(-c2nc([C@H](CC(=O)OCc3ccccc3)NC(=O)CCc3cc(Cl)ccc3-n3cnnn3)[nH]c2Cl)cc1. The quantitative estimate of drug-likeness (QED) is 0.147. The summed E-state index contributed by atoms with van der Waals surface area (Å²) in [5, 5.41) is 17.5. The topological polar surface area (TPSA) is 166 Å². The minimum atomic E-state index is -0.888. The number of aromatic amines is 1. The van der Waals surface area contributed by atoms with Crippen LogP contribution < -0.4 is 10.6 Å². The van der Waals surface area contributed by atoms with Gasteiger partial charge in [-0.05, 0) is 58.3 Å². The minimum absolute atomic E-state index is 0.0565.